The number of fused-ring (bicyclic) bond motifs is 3. The van der Waals surface area contributed by atoms with Crippen LogP contribution in [-0.4, -0.2) is 50.5 Å². The van der Waals surface area contributed by atoms with Crippen molar-refractivity contribution in [1.82, 2.24) is 24.6 Å². The molecule has 3 aromatic rings. The maximum atomic E-state index is 13.5. The van der Waals surface area contributed by atoms with E-state index in [-0.39, 0.29) is 19.0 Å². The van der Waals surface area contributed by atoms with Crippen LogP contribution in [0.5, 0.6) is 0 Å². The van der Waals surface area contributed by atoms with Gasteiger partial charge in [-0.05, 0) is 48.7 Å². The Morgan fingerprint density at radius 1 is 1.03 bits per heavy atom. The molecule has 174 valence electrons. The van der Waals surface area contributed by atoms with Gasteiger partial charge in [-0.25, -0.2) is 4.98 Å². The molecule has 0 aliphatic carbocycles. The summed E-state index contributed by atoms with van der Waals surface area (Å²) in [7, 11) is 0. The smallest absolute Gasteiger partial charge is 0.356 e. The Bertz CT molecular complexity index is 1160. The van der Waals surface area contributed by atoms with E-state index in [1.54, 1.807) is 24.3 Å². The molecule has 5 rings (SSSR count). The minimum absolute atomic E-state index is 0.0326. The van der Waals surface area contributed by atoms with Crippen LogP contribution in [0.1, 0.15) is 36.0 Å². The number of benzene rings is 1. The Morgan fingerprint density at radius 2 is 1.82 bits per heavy atom. The van der Waals surface area contributed by atoms with Gasteiger partial charge in [-0.2, -0.15) is 17.6 Å². The Balaban J connectivity index is 1.44. The van der Waals surface area contributed by atoms with Crippen LogP contribution in [-0.2, 0) is 13.1 Å². The van der Waals surface area contributed by atoms with Crippen LogP contribution >= 0.6 is 11.6 Å². The molecule has 11 heteroatoms. The van der Waals surface area contributed by atoms with Crippen molar-refractivity contribution in [3.05, 3.63) is 64.6 Å². The van der Waals surface area contributed by atoms with Crippen molar-refractivity contribution in [3.8, 4) is 5.69 Å². The minimum Gasteiger partial charge on any atom is -0.356 e. The molecule has 0 saturated carbocycles. The summed E-state index contributed by atoms with van der Waals surface area (Å²) in [4.78, 5) is 7.30. The first-order valence-electron chi connectivity index (χ1n) is 10.7. The number of piperidine rings is 1. The molecule has 0 amide bonds. The minimum atomic E-state index is -4.32. The molecule has 0 bridgehead atoms. The molecule has 0 N–H and O–H groups in total. The van der Waals surface area contributed by atoms with Crippen LogP contribution in [0.3, 0.4) is 0 Å². The van der Waals surface area contributed by atoms with Gasteiger partial charge in [-0.15, -0.1) is 10.2 Å². The van der Waals surface area contributed by atoms with Crippen molar-refractivity contribution in [2.24, 2.45) is 0 Å². The molecule has 1 fully saturated rings. The maximum absolute atomic E-state index is 13.5. The molecule has 1 aromatic carbocycles. The highest BCUT2D eigenvalue weighted by Gasteiger charge is 2.35. The van der Waals surface area contributed by atoms with E-state index in [1.165, 1.54) is 11.0 Å². The summed E-state index contributed by atoms with van der Waals surface area (Å²) in [5.74, 6) is 1.35. The third-order valence-electron chi connectivity index (χ3n) is 6.08. The first-order valence-corrected chi connectivity index (χ1v) is 11.0. The van der Waals surface area contributed by atoms with E-state index in [4.69, 9.17) is 11.6 Å². The SMILES string of the molecule is Fc1cccc(N2CCC(c3nnc4n3-c3ccc(Cl)cc3CN(CC(F)(F)F)C4)CC2)n1. The second-order valence-corrected chi connectivity index (χ2v) is 8.86. The number of aromatic nitrogens is 4. The fourth-order valence-corrected chi connectivity index (χ4v) is 4.86. The number of nitrogens with zero attached hydrogens (tertiary/aromatic N) is 6. The van der Waals surface area contributed by atoms with Crippen LogP contribution in [0.15, 0.2) is 36.4 Å². The van der Waals surface area contributed by atoms with Gasteiger partial charge in [0.05, 0.1) is 18.8 Å². The third-order valence-corrected chi connectivity index (χ3v) is 6.32. The lowest BCUT2D eigenvalue weighted by atomic mass is 9.95. The van der Waals surface area contributed by atoms with Gasteiger partial charge in [0.15, 0.2) is 5.82 Å². The molecule has 0 unspecified atom stereocenters. The summed E-state index contributed by atoms with van der Waals surface area (Å²) in [6, 6.07) is 9.98. The second-order valence-electron chi connectivity index (χ2n) is 8.42. The molecule has 0 spiro atoms. The van der Waals surface area contributed by atoms with Gasteiger partial charge in [0.1, 0.15) is 11.6 Å². The number of alkyl halides is 3. The molecule has 2 aromatic heterocycles. The molecule has 4 heterocycles. The number of hydrogen-bond acceptors (Lipinski definition) is 5. The standard InChI is InChI=1S/C22H21ClF4N6/c23-16-4-5-17-15(10-16)11-31(13-22(25,26)27)12-20-29-30-21(33(17)20)14-6-8-32(9-7-14)19-3-1-2-18(24)28-19/h1-5,10,14H,6-9,11-13H2. The summed E-state index contributed by atoms with van der Waals surface area (Å²) in [5.41, 5.74) is 1.46. The number of rotatable bonds is 3. The van der Waals surface area contributed by atoms with Gasteiger partial charge >= 0.3 is 6.18 Å². The van der Waals surface area contributed by atoms with Crippen LogP contribution in [0.2, 0.25) is 5.02 Å². The summed E-state index contributed by atoms with van der Waals surface area (Å²) in [6.45, 7) is 0.431. The quantitative estimate of drug-likeness (QED) is 0.401. The number of pyridine rings is 1. The van der Waals surface area contributed by atoms with Crippen molar-refractivity contribution < 1.29 is 17.6 Å². The normalized spacial score (nSPS) is 17.5. The molecule has 1 saturated heterocycles. The average molecular weight is 481 g/mol. The van der Waals surface area contributed by atoms with E-state index in [0.29, 0.717) is 35.3 Å². The van der Waals surface area contributed by atoms with Gasteiger partial charge in [-0.1, -0.05) is 17.7 Å². The van der Waals surface area contributed by atoms with Gasteiger partial charge in [0.25, 0.3) is 0 Å². The first-order chi connectivity index (χ1) is 15.8. The molecular weight excluding hydrogens is 460 g/mol. The van der Waals surface area contributed by atoms with Crippen LogP contribution < -0.4 is 4.90 Å². The first kappa shape index (κ1) is 22.1. The molecular formula is C22H21ClF4N6. The lowest BCUT2D eigenvalue weighted by Crippen LogP contribution is -2.34. The topological polar surface area (TPSA) is 50.1 Å². The number of anilines is 1. The Morgan fingerprint density at radius 3 is 2.55 bits per heavy atom. The Kier molecular flexibility index (Phi) is 5.74. The van der Waals surface area contributed by atoms with Crippen molar-refractivity contribution in [2.45, 2.75) is 38.0 Å². The predicted molar refractivity (Wildman–Crippen MR) is 115 cm³/mol. The molecule has 33 heavy (non-hydrogen) atoms. The van der Waals surface area contributed by atoms with E-state index in [1.807, 2.05) is 15.5 Å². The number of halogens is 5. The summed E-state index contributed by atoms with van der Waals surface area (Å²) < 4.78 is 54.9. The summed E-state index contributed by atoms with van der Waals surface area (Å²) >= 11 is 6.17. The second kappa shape index (κ2) is 8.57. The van der Waals surface area contributed by atoms with E-state index >= 15 is 0 Å². The van der Waals surface area contributed by atoms with E-state index in [0.717, 1.165) is 24.4 Å². The van der Waals surface area contributed by atoms with Crippen LogP contribution in [0, 0.1) is 5.95 Å². The van der Waals surface area contributed by atoms with Crippen molar-refractivity contribution in [3.63, 3.8) is 0 Å². The van der Waals surface area contributed by atoms with Crippen LogP contribution in [0.25, 0.3) is 5.69 Å². The zero-order valence-electron chi connectivity index (χ0n) is 17.6. The largest absolute Gasteiger partial charge is 0.401 e. The highest BCUT2D eigenvalue weighted by atomic mass is 35.5. The highest BCUT2D eigenvalue weighted by Crippen LogP contribution is 2.35. The van der Waals surface area contributed by atoms with Crippen molar-refractivity contribution >= 4 is 17.4 Å². The lowest BCUT2D eigenvalue weighted by Gasteiger charge is -2.32. The van der Waals surface area contributed by atoms with E-state index in [9.17, 15) is 17.6 Å². The molecule has 0 radical (unpaired) electrons. The number of hydrogen-bond donors (Lipinski definition) is 0. The molecule has 2 aliphatic rings. The van der Waals surface area contributed by atoms with Crippen molar-refractivity contribution in [2.75, 3.05) is 24.5 Å². The fraction of sp³-hybridized carbons (Fsp3) is 0.409. The van der Waals surface area contributed by atoms with Gasteiger partial charge in [-0.3, -0.25) is 9.47 Å². The molecule has 0 atom stereocenters. The van der Waals surface area contributed by atoms with Crippen molar-refractivity contribution in [1.29, 1.82) is 0 Å². The zero-order valence-corrected chi connectivity index (χ0v) is 18.3. The average Bonchev–Trinajstić information content (AvgIpc) is 3.09. The lowest BCUT2D eigenvalue weighted by molar-refractivity contribution is -0.148. The van der Waals surface area contributed by atoms with Gasteiger partial charge in [0, 0.05) is 30.6 Å². The maximum Gasteiger partial charge on any atom is 0.401 e. The Labute approximate surface area is 192 Å². The monoisotopic (exact) mass is 480 g/mol. The summed E-state index contributed by atoms with van der Waals surface area (Å²) in [5, 5.41) is 9.15. The summed E-state index contributed by atoms with van der Waals surface area (Å²) in [6.07, 6.45) is -2.84. The fourth-order valence-electron chi connectivity index (χ4n) is 4.66. The van der Waals surface area contributed by atoms with E-state index in [2.05, 4.69) is 15.2 Å². The third kappa shape index (κ3) is 4.67. The van der Waals surface area contributed by atoms with Crippen LogP contribution in [0.4, 0.5) is 23.4 Å². The van der Waals surface area contributed by atoms with Gasteiger partial charge in [0.2, 0.25) is 5.95 Å². The zero-order chi connectivity index (χ0) is 23.2. The highest BCUT2D eigenvalue weighted by molar-refractivity contribution is 6.30. The Hall–Kier alpha value is -2.72. The predicted octanol–water partition coefficient (Wildman–Crippen LogP) is 4.72. The van der Waals surface area contributed by atoms with E-state index < -0.39 is 18.7 Å². The molecule has 6 nitrogen and oxygen atoms in total. The van der Waals surface area contributed by atoms with Gasteiger partial charge < -0.3 is 4.90 Å². The molecule has 2 aliphatic heterocycles.